The van der Waals surface area contributed by atoms with Crippen molar-refractivity contribution in [2.75, 3.05) is 18.5 Å². The van der Waals surface area contributed by atoms with Crippen molar-refractivity contribution in [2.45, 2.75) is 6.42 Å². The Morgan fingerprint density at radius 2 is 2.00 bits per heavy atom. The molecule has 1 aromatic carbocycles. The number of nitriles is 1. The van der Waals surface area contributed by atoms with Gasteiger partial charge in [-0.2, -0.15) is 5.26 Å². The fraction of sp³-hybridized carbons (Fsp3) is 0.200. The molecule has 4 heteroatoms. The number of para-hydroxylation sites is 1. The molecule has 0 aliphatic rings. The van der Waals surface area contributed by atoms with Crippen LogP contribution < -0.4 is 10.1 Å². The summed E-state index contributed by atoms with van der Waals surface area (Å²) in [6.45, 7) is 1.38. The first-order valence-electron chi connectivity index (χ1n) is 6.17. The number of nitrogens with one attached hydrogen (secondary N) is 1. The number of rotatable bonds is 6. The molecule has 0 saturated heterocycles. The van der Waals surface area contributed by atoms with Crippen molar-refractivity contribution in [1.29, 1.82) is 5.26 Å². The number of hydrogen-bond acceptors (Lipinski definition) is 4. The van der Waals surface area contributed by atoms with Crippen LogP contribution in [0.1, 0.15) is 12.1 Å². The molecule has 19 heavy (non-hydrogen) atoms. The molecule has 0 spiro atoms. The number of hydrogen-bond donors (Lipinski definition) is 1. The lowest BCUT2D eigenvalue weighted by Gasteiger charge is -2.08. The van der Waals surface area contributed by atoms with Crippen LogP contribution >= 0.6 is 0 Å². The summed E-state index contributed by atoms with van der Waals surface area (Å²) in [5.41, 5.74) is 1.19. The zero-order valence-electron chi connectivity index (χ0n) is 10.5. The SMILES string of the molecule is N#Cc1ncccc1NCCCOc1ccccc1. The minimum atomic E-state index is 0.423. The maximum atomic E-state index is 8.89. The first-order valence-corrected chi connectivity index (χ1v) is 6.17. The Hall–Kier alpha value is -2.54. The van der Waals surface area contributed by atoms with E-state index in [4.69, 9.17) is 10.00 Å². The highest BCUT2D eigenvalue weighted by atomic mass is 16.5. The molecule has 2 aromatic rings. The summed E-state index contributed by atoms with van der Waals surface area (Å²) in [6, 6.07) is 15.4. The Morgan fingerprint density at radius 3 is 2.79 bits per heavy atom. The van der Waals surface area contributed by atoms with E-state index < -0.39 is 0 Å². The van der Waals surface area contributed by atoms with Crippen molar-refractivity contribution in [1.82, 2.24) is 4.98 Å². The Bertz CT molecular complexity index is 549. The zero-order valence-corrected chi connectivity index (χ0v) is 10.5. The number of ether oxygens (including phenoxy) is 1. The highest BCUT2D eigenvalue weighted by Crippen LogP contribution is 2.11. The molecule has 0 bridgehead atoms. The summed E-state index contributed by atoms with van der Waals surface area (Å²) in [6.07, 6.45) is 2.47. The molecule has 0 fully saturated rings. The van der Waals surface area contributed by atoms with Gasteiger partial charge in [0, 0.05) is 12.7 Å². The van der Waals surface area contributed by atoms with E-state index in [1.54, 1.807) is 6.20 Å². The first kappa shape index (κ1) is 12.9. The number of pyridine rings is 1. The lowest BCUT2D eigenvalue weighted by molar-refractivity contribution is 0.315. The Morgan fingerprint density at radius 1 is 1.16 bits per heavy atom. The van der Waals surface area contributed by atoms with Crippen LogP contribution in [0.25, 0.3) is 0 Å². The summed E-state index contributed by atoms with van der Waals surface area (Å²) in [4.78, 5) is 3.99. The van der Waals surface area contributed by atoms with Gasteiger partial charge in [-0.3, -0.25) is 0 Å². The van der Waals surface area contributed by atoms with Gasteiger partial charge in [-0.25, -0.2) is 4.98 Å². The summed E-state index contributed by atoms with van der Waals surface area (Å²) in [5.74, 6) is 0.876. The van der Waals surface area contributed by atoms with Gasteiger partial charge in [-0.05, 0) is 30.7 Å². The third-order valence-electron chi connectivity index (χ3n) is 2.56. The van der Waals surface area contributed by atoms with Gasteiger partial charge < -0.3 is 10.1 Å². The summed E-state index contributed by atoms with van der Waals surface area (Å²) in [5, 5.41) is 12.1. The maximum Gasteiger partial charge on any atom is 0.163 e. The first-order chi connectivity index (χ1) is 9.40. The Labute approximate surface area is 112 Å². The molecule has 0 aliphatic carbocycles. The molecule has 96 valence electrons. The second kappa shape index (κ2) is 7.02. The van der Waals surface area contributed by atoms with E-state index >= 15 is 0 Å². The monoisotopic (exact) mass is 253 g/mol. The van der Waals surface area contributed by atoms with Gasteiger partial charge in [0.15, 0.2) is 5.69 Å². The van der Waals surface area contributed by atoms with Crippen molar-refractivity contribution >= 4 is 5.69 Å². The van der Waals surface area contributed by atoms with Gasteiger partial charge >= 0.3 is 0 Å². The predicted octanol–water partition coefficient (Wildman–Crippen LogP) is 2.83. The zero-order chi connectivity index (χ0) is 13.3. The van der Waals surface area contributed by atoms with Crippen LogP contribution in [0.4, 0.5) is 5.69 Å². The normalized spacial score (nSPS) is 9.63. The standard InChI is InChI=1S/C15H15N3O/c16-12-15-14(8-4-9-18-15)17-10-5-11-19-13-6-2-1-3-7-13/h1-4,6-9,17H,5,10-11H2. The average Bonchev–Trinajstić information content (AvgIpc) is 2.48. The number of aromatic nitrogens is 1. The van der Waals surface area contributed by atoms with Crippen LogP contribution in [0.5, 0.6) is 5.75 Å². The molecule has 0 radical (unpaired) electrons. The molecule has 1 N–H and O–H groups in total. The van der Waals surface area contributed by atoms with Gasteiger partial charge in [0.25, 0.3) is 0 Å². The number of anilines is 1. The topological polar surface area (TPSA) is 57.9 Å². The maximum absolute atomic E-state index is 8.89. The van der Waals surface area contributed by atoms with Crippen LogP contribution in [-0.4, -0.2) is 18.1 Å². The van der Waals surface area contributed by atoms with Crippen LogP contribution in [0.15, 0.2) is 48.7 Å². The third kappa shape index (κ3) is 4.00. The molecule has 0 unspecified atom stereocenters. The van der Waals surface area contributed by atoms with Crippen molar-refractivity contribution in [3.05, 3.63) is 54.4 Å². The van der Waals surface area contributed by atoms with Crippen LogP contribution in [0.3, 0.4) is 0 Å². The van der Waals surface area contributed by atoms with Gasteiger partial charge in [-0.1, -0.05) is 18.2 Å². The molecule has 1 heterocycles. The van der Waals surface area contributed by atoms with E-state index in [1.807, 2.05) is 42.5 Å². The third-order valence-corrected chi connectivity index (χ3v) is 2.56. The van der Waals surface area contributed by atoms with E-state index in [2.05, 4.69) is 16.4 Å². The van der Waals surface area contributed by atoms with Crippen LogP contribution in [-0.2, 0) is 0 Å². The molecular weight excluding hydrogens is 238 g/mol. The number of nitrogens with zero attached hydrogens (tertiary/aromatic N) is 2. The number of benzene rings is 1. The molecule has 1 aromatic heterocycles. The molecule has 2 rings (SSSR count). The molecule has 0 saturated carbocycles. The van der Waals surface area contributed by atoms with Crippen molar-refractivity contribution in [3.63, 3.8) is 0 Å². The predicted molar refractivity (Wildman–Crippen MR) is 74.0 cm³/mol. The van der Waals surface area contributed by atoms with Crippen LogP contribution in [0, 0.1) is 11.3 Å². The Kier molecular flexibility index (Phi) is 4.77. The van der Waals surface area contributed by atoms with Gasteiger partial charge in [0.2, 0.25) is 0 Å². The highest BCUT2D eigenvalue weighted by molar-refractivity contribution is 5.53. The lowest BCUT2D eigenvalue weighted by Crippen LogP contribution is -2.08. The second-order valence-electron chi connectivity index (χ2n) is 3.95. The van der Waals surface area contributed by atoms with E-state index in [-0.39, 0.29) is 0 Å². The van der Waals surface area contributed by atoms with Crippen LogP contribution in [0.2, 0.25) is 0 Å². The van der Waals surface area contributed by atoms with E-state index in [0.29, 0.717) is 12.3 Å². The fourth-order valence-corrected chi connectivity index (χ4v) is 1.64. The summed E-state index contributed by atoms with van der Waals surface area (Å²) in [7, 11) is 0. The van der Waals surface area contributed by atoms with E-state index in [0.717, 1.165) is 24.4 Å². The fourth-order valence-electron chi connectivity index (χ4n) is 1.64. The molecule has 0 aliphatic heterocycles. The summed E-state index contributed by atoms with van der Waals surface area (Å²) < 4.78 is 5.58. The smallest absolute Gasteiger partial charge is 0.163 e. The van der Waals surface area contributed by atoms with Crippen molar-refractivity contribution in [3.8, 4) is 11.8 Å². The minimum absolute atomic E-state index is 0.423. The Balaban J connectivity index is 1.71. The van der Waals surface area contributed by atoms with Crippen molar-refractivity contribution in [2.24, 2.45) is 0 Å². The summed E-state index contributed by atoms with van der Waals surface area (Å²) >= 11 is 0. The van der Waals surface area contributed by atoms with Gasteiger partial charge in [0.1, 0.15) is 11.8 Å². The molecule has 0 amide bonds. The van der Waals surface area contributed by atoms with E-state index in [9.17, 15) is 0 Å². The molecule has 0 atom stereocenters. The van der Waals surface area contributed by atoms with Crippen molar-refractivity contribution < 1.29 is 4.74 Å². The second-order valence-corrected chi connectivity index (χ2v) is 3.95. The lowest BCUT2D eigenvalue weighted by atomic mass is 10.3. The molecular formula is C15H15N3O. The highest BCUT2D eigenvalue weighted by Gasteiger charge is 2.00. The van der Waals surface area contributed by atoms with Gasteiger partial charge in [-0.15, -0.1) is 0 Å². The minimum Gasteiger partial charge on any atom is -0.494 e. The van der Waals surface area contributed by atoms with E-state index in [1.165, 1.54) is 0 Å². The molecule has 4 nitrogen and oxygen atoms in total. The average molecular weight is 253 g/mol. The quantitative estimate of drug-likeness (QED) is 0.804. The largest absolute Gasteiger partial charge is 0.494 e. The van der Waals surface area contributed by atoms with Gasteiger partial charge in [0.05, 0.1) is 12.3 Å².